The number of sulfonamides is 1. The monoisotopic (exact) mass is 266 g/mol. The largest absolute Gasteiger partial charge is 0.399 e. The van der Waals surface area contributed by atoms with Crippen LogP contribution >= 0.6 is 0 Å². The molecule has 1 aromatic carbocycles. The quantitative estimate of drug-likeness (QED) is 0.712. The summed E-state index contributed by atoms with van der Waals surface area (Å²) in [6.07, 6.45) is 3.07. The third kappa shape index (κ3) is 2.69. The van der Waals surface area contributed by atoms with Gasteiger partial charge in [-0.1, -0.05) is 0 Å². The van der Waals surface area contributed by atoms with Gasteiger partial charge in [0.2, 0.25) is 10.0 Å². The Morgan fingerprint density at radius 2 is 2.22 bits per heavy atom. The zero-order valence-corrected chi connectivity index (χ0v) is 10.7. The molecule has 0 saturated carbocycles. The van der Waals surface area contributed by atoms with Crippen LogP contribution in [0, 0.1) is 6.92 Å². The van der Waals surface area contributed by atoms with Gasteiger partial charge in [-0.15, -0.1) is 0 Å². The van der Waals surface area contributed by atoms with Crippen molar-refractivity contribution >= 4 is 15.7 Å². The lowest BCUT2D eigenvalue weighted by Crippen LogP contribution is -2.24. The summed E-state index contributed by atoms with van der Waals surface area (Å²) < 4.78 is 26.6. The number of H-pyrrole nitrogens is 1. The number of nitrogen functional groups attached to an aromatic ring is 1. The molecule has 7 heteroatoms. The second kappa shape index (κ2) is 4.79. The summed E-state index contributed by atoms with van der Waals surface area (Å²) in [5, 5.41) is 0. The number of hydrogen-bond donors (Lipinski definition) is 3. The number of nitrogens with two attached hydrogens (primary N) is 1. The number of imidazole rings is 1. The summed E-state index contributed by atoms with van der Waals surface area (Å²) in [6, 6.07) is 4.70. The highest BCUT2D eigenvalue weighted by Crippen LogP contribution is 2.17. The van der Waals surface area contributed by atoms with Crippen molar-refractivity contribution in [2.75, 3.05) is 5.73 Å². The number of aryl methyl sites for hydroxylation is 1. The molecule has 0 radical (unpaired) electrons. The molecule has 96 valence electrons. The van der Waals surface area contributed by atoms with Crippen molar-refractivity contribution in [3.63, 3.8) is 0 Å². The Morgan fingerprint density at radius 1 is 1.44 bits per heavy atom. The standard InChI is InChI=1S/C11H14N4O2S/c1-8-4-9(12)2-3-11(8)18(16,17)15-6-10-5-13-7-14-10/h2-5,7,15H,6,12H2,1H3,(H,13,14). The first-order valence-corrected chi connectivity index (χ1v) is 6.80. The van der Waals surface area contributed by atoms with Crippen LogP contribution in [0.1, 0.15) is 11.3 Å². The molecule has 0 atom stereocenters. The molecule has 0 fully saturated rings. The molecule has 4 N–H and O–H groups in total. The molecular formula is C11H14N4O2S. The molecule has 0 amide bonds. The number of nitrogens with one attached hydrogen (secondary N) is 2. The van der Waals surface area contributed by atoms with E-state index < -0.39 is 10.0 Å². The first kappa shape index (κ1) is 12.6. The van der Waals surface area contributed by atoms with E-state index in [1.807, 2.05) is 0 Å². The second-order valence-electron chi connectivity index (χ2n) is 3.93. The zero-order valence-electron chi connectivity index (χ0n) is 9.84. The minimum atomic E-state index is -3.54. The van der Waals surface area contributed by atoms with Gasteiger partial charge in [-0.3, -0.25) is 0 Å². The summed E-state index contributed by atoms with van der Waals surface area (Å²) >= 11 is 0. The molecule has 0 spiro atoms. The van der Waals surface area contributed by atoms with E-state index in [0.717, 1.165) is 0 Å². The van der Waals surface area contributed by atoms with Crippen LogP contribution in [0.3, 0.4) is 0 Å². The van der Waals surface area contributed by atoms with Crippen molar-refractivity contribution in [2.24, 2.45) is 0 Å². The third-order valence-corrected chi connectivity index (χ3v) is 4.06. The van der Waals surface area contributed by atoms with Crippen molar-refractivity contribution in [2.45, 2.75) is 18.4 Å². The van der Waals surface area contributed by atoms with Gasteiger partial charge in [0.15, 0.2) is 0 Å². The smallest absolute Gasteiger partial charge is 0.241 e. The zero-order chi connectivity index (χ0) is 13.2. The molecule has 0 aliphatic rings. The topological polar surface area (TPSA) is 101 Å². The molecule has 0 bridgehead atoms. The molecule has 1 aromatic heterocycles. The molecule has 2 aromatic rings. The summed E-state index contributed by atoms with van der Waals surface area (Å²) in [4.78, 5) is 6.88. The predicted molar refractivity (Wildman–Crippen MR) is 68.2 cm³/mol. The molecule has 18 heavy (non-hydrogen) atoms. The molecular weight excluding hydrogens is 252 g/mol. The van der Waals surface area contributed by atoms with E-state index in [0.29, 0.717) is 16.9 Å². The maximum atomic E-state index is 12.1. The molecule has 1 heterocycles. The van der Waals surface area contributed by atoms with Crippen molar-refractivity contribution in [3.8, 4) is 0 Å². The van der Waals surface area contributed by atoms with Gasteiger partial charge in [0.05, 0.1) is 17.8 Å². The van der Waals surface area contributed by atoms with Crippen molar-refractivity contribution in [1.82, 2.24) is 14.7 Å². The number of anilines is 1. The van der Waals surface area contributed by atoms with Crippen LogP contribution in [0.4, 0.5) is 5.69 Å². The highest BCUT2D eigenvalue weighted by atomic mass is 32.2. The summed E-state index contributed by atoms with van der Waals surface area (Å²) in [5.41, 5.74) is 7.45. The minimum absolute atomic E-state index is 0.173. The van der Waals surface area contributed by atoms with Crippen LogP contribution in [0.25, 0.3) is 0 Å². The van der Waals surface area contributed by atoms with Gasteiger partial charge in [0, 0.05) is 17.6 Å². The van der Waals surface area contributed by atoms with E-state index >= 15 is 0 Å². The van der Waals surface area contributed by atoms with Crippen LogP contribution < -0.4 is 10.5 Å². The Labute approximate surface area is 105 Å². The normalized spacial score (nSPS) is 11.6. The fourth-order valence-corrected chi connectivity index (χ4v) is 2.84. The fourth-order valence-electron chi connectivity index (χ4n) is 1.61. The first-order valence-electron chi connectivity index (χ1n) is 5.32. The van der Waals surface area contributed by atoms with Gasteiger partial charge < -0.3 is 10.7 Å². The molecule has 2 rings (SSSR count). The van der Waals surface area contributed by atoms with E-state index in [4.69, 9.17) is 5.73 Å². The van der Waals surface area contributed by atoms with E-state index in [1.165, 1.54) is 12.4 Å². The maximum Gasteiger partial charge on any atom is 0.241 e. The van der Waals surface area contributed by atoms with E-state index in [9.17, 15) is 8.42 Å². The lowest BCUT2D eigenvalue weighted by Gasteiger charge is -2.09. The maximum absolute atomic E-state index is 12.1. The van der Waals surface area contributed by atoms with Crippen molar-refractivity contribution < 1.29 is 8.42 Å². The number of benzene rings is 1. The summed E-state index contributed by atoms with van der Waals surface area (Å²) in [5.74, 6) is 0. The van der Waals surface area contributed by atoms with Crippen LogP contribution in [0.15, 0.2) is 35.6 Å². The number of aromatic amines is 1. The number of rotatable bonds is 4. The molecule has 0 unspecified atom stereocenters. The van der Waals surface area contributed by atoms with E-state index in [2.05, 4.69) is 14.7 Å². The number of nitrogens with zero attached hydrogens (tertiary/aromatic N) is 1. The Hall–Kier alpha value is -1.86. The third-order valence-electron chi connectivity index (χ3n) is 2.50. The van der Waals surface area contributed by atoms with Gasteiger partial charge in [0.25, 0.3) is 0 Å². The molecule has 0 saturated heterocycles. The van der Waals surface area contributed by atoms with Gasteiger partial charge in [-0.2, -0.15) is 0 Å². The fraction of sp³-hybridized carbons (Fsp3) is 0.182. The van der Waals surface area contributed by atoms with E-state index in [1.54, 1.807) is 25.3 Å². The van der Waals surface area contributed by atoms with Crippen molar-refractivity contribution in [1.29, 1.82) is 0 Å². The van der Waals surface area contributed by atoms with Crippen LogP contribution in [0.2, 0.25) is 0 Å². The van der Waals surface area contributed by atoms with Crippen molar-refractivity contribution in [3.05, 3.63) is 42.0 Å². The van der Waals surface area contributed by atoms with Gasteiger partial charge in [-0.25, -0.2) is 18.1 Å². The predicted octanol–water partition coefficient (Wildman–Crippen LogP) is 0.779. The lowest BCUT2D eigenvalue weighted by molar-refractivity contribution is 0.580. The average Bonchev–Trinajstić information content (AvgIpc) is 2.78. The van der Waals surface area contributed by atoms with Gasteiger partial charge in [-0.05, 0) is 30.7 Å². The SMILES string of the molecule is Cc1cc(N)ccc1S(=O)(=O)NCc1cnc[nH]1. The van der Waals surface area contributed by atoms with Crippen LogP contribution in [0.5, 0.6) is 0 Å². The Kier molecular flexibility index (Phi) is 3.35. The summed E-state index contributed by atoms with van der Waals surface area (Å²) in [6.45, 7) is 1.88. The summed E-state index contributed by atoms with van der Waals surface area (Å²) in [7, 11) is -3.54. The molecule has 6 nitrogen and oxygen atoms in total. The second-order valence-corrected chi connectivity index (χ2v) is 5.66. The highest BCUT2D eigenvalue weighted by Gasteiger charge is 2.16. The molecule has 0 aliphatic carbocycles. The number of aromatic nitrogens is 2. The average molecular weight is 266 g/mol. The van der Waals surface area contributed by atoms with Gasteiger partial charge in [0.1, 0.15) is 0 Å². The Balaban J connectivity index is 2.20. The number of hydrogen-bond acceptors (Lipinski definition) is 4. The van der Waals surface area contributed by atoms with Gasteiger partial charge >= 0.3 is 0 Å². The minimum Gasteiger partial charge on any atom is -0.399 e. The van der Waals surface area contributed by atoms with Crippen LogP contribution in [-0.4, -0.2) is 18.4 Å². The molecule has 0 aliphatic heterocycles. The first-order chi connectivity index (χ1) is 8.49. The highest BCUT2D eigenvalue weighted by molar-refractivity contribution is 7.89. The van der Waals surface area contributed by atoms with Crippen LogP contribution in [-0.2, 0) is 16.6 Å². The lowest BCUT2D eigenvalue weighted by atomic mass is 10.2. The Bertz CT molecular complexity index is 635. The van der Waals surface area contributed by atoms with E-state index in [-0.39, 0.29) is 11.4 Å². The Morgan fingerprint density at radius 3 is 2.83 bits per heavy atom.